The first-order valence-corrected chi connectivity index (χ1v) is 7.16. The van der Waals surface area contributed by atoms with E-state index in [-0.39, 0.29) is 5.91 Å². The van der Waals surface area contributed by atoms with E-state index in [2.05, 4.69) is 16.8 Å². The summed E-state index contributed by atoms with van der Waals surface area (Å²) in [6.07, 6.45) is 6.37. The van der Waals surface area contributed by atoms with Gasteiger partial charge >= 0.3 is 0 Å². The van der Waals surface area contributed by atoms with Crippen LogP contribution in [0.3, 0.4) is 0 Å². The zero-order chi connectivity index (χ0) is 13.9. The summed E-state index contributed by atoms with van der Waals surface area (Å²) in [6, 6.07) is 8.07. The molecule has 1 amide bonds. The van der Waals surface area contributed by atoms with E-state index in [4.69, 9.17) is 0 Å². The zero-order valence-corrected chi connectivity index (χ0v) is 11.5. The Kier molecular flexibility index (Phi) is 3.54. The number of nitrogens with one attached hydrogen (secondary N) is 1. The maximum absolute atomic E-state index is 12.8. The van der Waals surface area contributed by atoms with Crippen LogP contribution in [0.15, 0.2) is 36.9 Å². The van der Waals surface area contributed by atoms with Gasteiger partial charge in [0.25, 0.3) is 5.91 Å². The van der Waals surface area contributed by atoms with Gasteiger partial charge in [-0.2, -0.15) is 5.10 Å². The van der Waals surface area contributed by atoms with Gasteiger partial charge in [0.05, 0.1) is 5.52 Å². The van der Waals surface area contributed by atoms with Crippen LogP contribution in [-0.2, 0) is 0 Å². The van der Waals surface area contributed by atoms with Crippen LogP contribution in [0.5, 0.6) is 0 Å². The second kappa shape index (κ2) is 5.49. The Bertz CT molecular complexity index is 625. The fourth-order valence-electron chi connectivity index (χ4n) is 3.02. The molecule has 0 radical (unpaired) electrons. The van der Waals surface area contributed by atoms with Crippen LogP contribution in [0.2, 0.25) is 0 Å². The summed E-state index contributed by atoms with van der Waals surface area (Å²) in [7, 11) is 0. The lowest BCUT2D eigenvalue weighted by Gasteiger charge is -2.27. The molecule has 1 heterocycles. The highest BCUT2D eigenvalue weighted by Crippen LogP contribution is 2.26. The third kappa shape index (κ3) is 2.22. The Morgan fingerprint density at radius 2 is 2.15 bits per heavy atom. The summed E-state index contributed by atoms with van der Waals surface area (Å²) < 4.78 is 0. The number of carbonyl (C=O) groups excluding carboxylic acids is 1. The van der Waals surface area contributed by atoms with Gasteiger partial charge in [0.1, 0.15) is 0 Å². The van der Waals surface area contributed by atoms with Crippen molar-refractivity contribution in [3.8, 4) is 0 Å². The van der Waals surface area contributed by atoms with Crippen molar-refractivity contribution in [2.45, 2.75) is 31.7 Å². The average molecular weight is 269 g/mol. The Balaban J connectivity index is 1.94. The molecular weight excluding hydrogens is 250 g/mol. The molecule has 0 spiro atoms. The van der Waals surface area contributed by atoms with Gasteiger partial charge in [-0.15, -0.1) is 6.58 Å². The molecule has 0 bridgehead atoms. The van der Waals surface area contributed by atoms with E-state index in [1.54, 1.807) is 6.08 Å². The first-order chi connectivity index (χ1) is 9.81. The lowest BCUT2D eigenvalue weighted by Crippen LogP contribution is -2.39. The molecule has 1 saturated carbocycles. The third-order valence-electron chi connectivity index (χ3n) is 4.03. The fraction of sp³-hybridized carbons (Fsp3) is 0.375. The summed E-state index contributed by atoms with van der Waals surface area (Å²) in [6.45, 7) is 4.36. The molecule has 0 atom stereocenters. The highest BCUT2D eigenvalue weighted by atomic mass is 16.2. The number of H-pyrrole nitrogens is 1. The maximum Gasteiger partial charge on any atom is 0.275 e. The molecule has 3 rings (SSSR count). The molecule has 4 nitrogen and oxygen atoms in total. The molecule has 2 aromatic rings. The number of amides is 1. The number of aromatic nitrogens is 2. The minimum atomic E-state index is 0.00856. The molecule has 1 aromatic carbocycles. The van der Waals surface area contributed by atoms with Gasteiger partial charge in [-0.25, -0.2) is 0 Å². The van der Waals surface area contributed by atoms with Crippen LogP contribution in [-0.4, -0.2) is 33.6 Å². The Hall–Kier alpha value is -2.10. The molecule has 0 aliphatic heterocycles. The first kappa shape index (κ1) is 12.9. The van der Waals surface area contributed by atoms with Gasteiger partial charge in [-0.3, -0.25) is 9.89 Å². The van der Waals surface area contributed by atoms with Crippen LogP contribution in [0.1, 0.15) is 36.2 Å². The molecule has 1 fully saturated rings. The van der Waals surface area contributed by atoms with Gasteiger partial charge in [-0.05, 0) is 18.9 Å². The van der Waals surface area contributed by atoms with E-state index >= 15 is 0 Å². The number of carbonyl (C=O) groups is 1. The highest BCUT2D eigenvalue weighted by molar-refractivity contribution is 6.04. The predicted molar refractivity (Wildman–Crippen MR) is 79.6 cm³/mol. The summed E-state index contributed by atoms with van der Waals surface area (Å²) in [5.41, 5.74) is 1.43. The number of rotatable bonds is 4. The second-order valence-corrected chi connectivity index (χ2v) is 5.30. The van der Waals surface area contributed by atoms with E-state index in [1.807, 2.05) is 29.2 Å². The number of nitrogens with zero attached hydrogens (tertiary/aromatic N) is 2. The van der Waals surface area contributed by atoms with Gasteiger partial charge in [-0.1, -0.05) is 37.1 Å². The molecule has 0 saturated heterocycles. The summed E-state index contributed by atoms with van der Waals surface area (Å²) in [5, 5.41) is 8.05. The normalized spacial score (nSPS) is 15.6. The first-order valence-electron chi connectivity index (χ1n) is 7.16. The number of aromatic amines is 1. The molecule has 0 unspecified atom stereocenters. The molecule has 1 aromatic heterocycles. The smallest absolute Gasteiger partial charge is 0.275 e. The quantitative estimate of drug-likeness (QED) is 0.867. The molecule has 20 heavy (non-hydrogen) atoms. The van der Waals surface area contributed by atoms with Crippen LogP contribution < -0.4 is 0 Å². The molecule has 1 aliphatic rings. The highest BCUT2D eigenvalue weighted by Gasteiger charge is 2.28. The van der Waals surface area contributed by atoms with Gasteiger partial charge in [0.15, 0.2) is 5.69 Å². The van der Waals surface area contributed by atoms with Crippen LogP contribution in [0.25, 0.3) is 10.9 Å². The average Bonchev–Trinajstić information content (AvgIpc) is 3.13. The van der Waals surface area contributed by atoms with E-state index in [1.165, 1.54) is 12.8 Å². The van der Waals surface area contributed by atoms with Crippen molar-refractivity contribution in [2.75, 3.05) is 6.54 Å². The van der Waals surface area contributed by atoms with Gasteiger partial charge in [0, 0.05) is 18.0 Å². The summed E-state index contributed by atoms with van der Waals surface area (Å²) in [4.78, 5) is 14.7. The monoisotopic (exact) mass is 269 g/mol. The Morgan fingerprint density at radius 3 is 2.90 bits per heavy atom. The van der Waals surface area contributed by atoms with E-state index < -0.39 is 0 Å². The fourth-order valence-corrected chi connectivity index (χ4v) is 3.02. The van der Waals surface area contributed by atoms with Gasteiger partial charge < -0.3 is 4.90 Å². The molecule has 104 valence electrons. The molecular formula is C16H19N3O. The number of hydrogen-bond acceptors (Lipinski definition) is 2. The van der Waals surface area contributed by atoms with Crippen LogP contribution in [0.4, 0.5) is 0 Å². The number of para-hydroxylation sites is 1. The number of hydrogen-bond donors (Lipinski definition) is 1. The van der Waals surface area contributed by atoms with Crippen molar-refractivity contribution in [1.82, 2.24) is 15.1 Å². The second-order valence-electron chi connectivity index (χ2n) is 5.30. The SMILES string of the molecule is C=CCN(C(=O)c1n[nH]c2ccccc12)C1CCCC1. The number of fused-ring (bicyclic) bond motifs is 1. The van der Waals surface area contributed by atoms with Crippen molar-refractivity contribution >= 4 is 16.8 Å². The van der Waals surface area contributed by atoms with Crippen LogP contribution in [0, 0.1) is 0 Å². The molecule has 1 aliphatic carbocycles. The lowest BCUT2D eigenvalue weighted by atomic mass is 10.1. The minimum Gasteiger partial charge on any atom is -0.331 e. The maximum atomic E-state index is 12.8. The largest absolute Gasteiger partial charge is 0.331 e. The Labute approximate surface area is 118 Å². The third-order valence-corrected chi connectivity index (χ3v) is 4.03. The topological polar surface area (TPSA) is 49.0 Å². The summed E-state index contributed by atoms with van der Waals surface area (Å²) >= 11 is 0. The minimum absolute atomic E-state index is 0.00856. The van der Waals surface area contributed by atoms with E-state index in [0.29, 0.717) is 18.3 Å². The van der Waals surface area contributed by atoms with E-state index in [0.717, 1.165) is 23.7 Å². The zero-order valence-electron chi connectivity index (χ0n) is 11.5. The lowest BCUT2D eigenvalue weighted by molar-refractivity contribution is 0.0702. The molecule has 4 heteroatoms. The van der Waals surface area contributed by atoms with Crippen molar-refractivity contribution in [3.63, 3.8) is 0 Å². The van der Waals surface area contributed by atoms with Gasteiger partial charge in [0.2, 0.25) is 0 Å². The van der Waals surface area contributed by atoms with Crippen molar-refractivity contribution in [3.05, 3.63) is 42.6 Å². The van der Waals surface area contributed by atoms with E-state index in [9.17, 15) is 4.79 Å². The van der Waals surface area contributed by atoms with Crippen molar-refractivity contribution in [1.29, 1.82) is 0 Å². The predicted octanol–water partition coefficient (Wildman–Crippen LogP) is 3.13. The number of benzene rings is 1. The summed E-state index contributed by atoms with van der Waals surface area (Å²) in [5.74, 6) is 0.00856. The Morgan fingerprint density at radius 1 is 1.40 bits per heavy atom. The standard InChI is InChI=1S/C16H19N3O/c1-2-11-19(12-7-3-4-8-12)16(20)15-13-9-5-6-10-14(13)17-18-15/h2,5-6,9-10,12H,1,3-4,7-8,11H2,(H,17,18). The van der Waals surface area contributed by atoms with Crippen molar-refractivity contribution < 1.29 is 4.79 Å². The molecule has 1 N–H and O–H groups in total. The van der Waals surface area contributed by atoms with Crippen LogP contribution >= 0.6 is 0 Å². The van der Waals surface area contributed by atoms with Crippen molar-refractivity contribution in [2.24, 2.45) is 0 Å².